The van der Waals surface area contributed by atoms with E-state index in [1.165, 1.54) is 12.3 Å². The molecule has 1 N–H and O–H groups in total. The molecule has 0 saturated heterocycles. The van der Waals surface area contributed by atoms with Gasteiger partial charge in [0.25, 0.3) is 0 Å². The first-order valence-electron chi connectivity index (χ1n) is 8.33. The number of alkyl halides is 3. The summed E-state index contributed by atoms with van der Waals surface area (Å²) in [6.45, 7) is 1.96. The predicted octanol–water partition coefficient (Wildman–Crippen LogP) is 5.02. The maximum Gasteiger partial charge on any atom is 0.433 e. The molecular weight excluding hydrogens is 373 g/mol. The first kappa shape index (κ1) is 17.9. The number of anilines is 1. The van der Waals surface area contributed by atoms with E-state index >= 15 is 0 Å². The number of nitrogens with one attached hydrogen (secondary N) is 1. The lowest BCUT2D eigenvalue weighted by atomic mass is 9.96. The van der Waals surface area contributed by atoms with Crippen molar-refractivity contribution in [2.75, 3.05) is 11.8 Å². The Hall–Kier alpha value is -2.45. The monoisotopic (exact) mass is 390 g/mol. The number of rotatable bonds is 1. The maximum absolute atomic E-state index is 12.9. The zero-order valence-corrected chi connectivity index (χ0v) is 15.5. The number of hydrogen-bond donors (Lipinski definition) is 1. The smallest absolute Gasteiger partial charge is 0.321 e. The Morgan fingerprint density at radius 3 is 2.63 bits per heavy atom. The van der Waals surface area contributed by atoms with Crippen molar-refractivity contribution in [3.63, 3.8) is 0 Å². The van der Waals surface area contributed by atoms with Crippen molar-refractivity contribution in [3.05, 3.63) is 65.6 Å². The number of nitrogens with zero attached hydrogens (tertiary/aromatic N) is 3. The minimum atomic E-state index is -4.45. The van der Waals surface area contributed by atoms with Gasteiger partial charge in [-0.1, -0.05) is 24.3 Å². The average Bonchev–Trinajstić information content (AvgIpc) is 2.66. The average molecular weight is 390 g/mol. The summed E-state index contributed by atoms with van der Waals surface area (Å²) in [5.41, 5.74) is 2.56. The molecule has 27 heavy (non-hydrogen) atoms. The summed E-state index contributed by atoms with van der Waals surface area (Å²) in [6.07, 6.45) is -1.39. The van der Waals surface area contributed by atoms with Gasteiger partial charge < -0.3 is 4.72 Å². The fourth-order valence-electron chi connectivity index (χ4n) is 3.33. The van der Waals surface area contributed by atoms with Crippen LogP contribution in [0.25, 0.3) is 10.9 Å². The number of fused-ring (bicyclic) bond motifs is 3. The lowest BCUT2D eigenvalue weighted by Gasteiger charge is -2.38. The molecule has 0 saturated carbocycles. The molecule has 140 valence electrons. The van der Waals surface area contributed by atoms with Crippen LogP contribution in [0, 0.1) is 0 Å². The third kappa shape index (κ3) is 3.08. The van der Waals surface area contributed by atoms with Gasteiger partial charge in [-0.2, -0.15) is 13.2 Å². The third-order valence-electron chi connectivity index (χ3n) is 4.60. The molecule has 4 rings (SSSR count). The van der Waals surface area contributed by atoms with Gasteiger partial charge >= 0.3 is 6.18 Å². The van der Waals surface area contributed by atoms with Gasteiger partial charge in [0.05, 0.1) is 17.2 Å². The normalized spacial score (nSPS) is 20.5. The van der Waals surface area contributed by atoms with Gasteiger partial charge in [0.15, 0.2) is 0 Å². The van der Waals surface area contributed by atoms with Crippen LogP contribution in [0.2, 0.25) is 0 Å². The van der Waals surface area contributed by atoms with E-state index in [2.05, 4.69) is 19.0 Å². The van der Waals surface area contributed by atoms with Crippen LogP contribution < -0.4 is 4.72 Å². The highest BCUT2D eigenvalue weighted by molar-refractivity contribution is 8.14. The van der Waals surface area contributed by atoms with Crippen molar-refractivity contribution in [1.82, 2.24) is 14.3 Å². The Balaban J connectivity index is 1.89. The van der Waals surface area contributed by atoms with E-state index in [9.17, 15) is 13.2 Å². The lowest BCUT2D eigenvalue weighted by Crippen LogP contribution is -2.29. The maximum atomic E-state index is 12.9. The van der Waals surface area contributed by atoms with E-state index in [0.29, 0.717) is 5.56 Å². The standard InChI is InChI=1S/C19H17F3N4S/c1-3-27-25-17-14(8-6-12-5-4-10-23-16(12)17)18(26(27)2)13-7-9-15(24-11-13)19(20,21)22/h3-11,18,25H,1-2H3. The first-order valence-corrected chi connectivity index (χ1v) is 9.57. The zero-order chi connectivity index (χ0) is 19.2. The van der Waals surface area contributed by atoms with E-state index in [1.54, 1.807) is 6.20 Å². The van der Waals surface area contributed by atoms with Gasteiger partial charge in [0, 0.05) is 23.3 Å². The van der Waals surface area contributed by atoms with Crippen molar-refractivity contribution in [2.24, 2.45) is 0 Å². The van der Waals surface area contributed by atoms with E-state index in [1.807, 2.05) is 43.6 Å². The molecule has 2 atom stereocenters. The van der Waals surface area contributed by atoms with Crippen LogP contribution in [0.1, 0.15) is 29.8 Å². The van der Waals surface area contributed by atoms with Gasteiger partial charge in [-0.3, -0.25) is 9.97 Å². The molecule has 1 aliphatic heterocycles. The Labute approximate surface area is 157 Å². The van der Waals surface area contributed by atoms with E-state index in [4.69, 9.17) is 0 Å². The Kier molecular flexibility index (Phi) is 4.39. The predicted molar refractivity (Wildman–Crippen MR) is 104 cm³/mol. The molecule has 0 aliphatic carbocycles. The minimum absolute atomic E-state index is 0.220. The summed E-state index contributed by atoms with van der Waals surface area (Å²) in [6, 6.07) is 10.2. The van der Waals surface area contributed by atoms with Crippen molar-refractivity contribution in [3.8, 4) is 0 Å². The number of halogens is 3. The zero-order valence-electron chi connectivity index (χ0n) is 14.7. The molecule has 1 aliphatic rings. The van der Waals surface area contributed by atoms with E-state index in [0.717, 1.165) is 28.2 Å². The molecule has 0 radical (unpaired) electrons. The summed E-state index contributed by atoms with van der Waals surface area (Å²) in [5, 5.41) is 3.05. The molecule has 3 aromatic rings. The Morgan fingerprint density at radius 2 is 1.96 bits per heavy atom. The Morgan fingerprint density at radius 1 is 1.15 bits per heavy atom. The third-order valence-corrected chi connectivity index (χ3v) is 6.29. The quantitative estimate of drug-likeness (QED) is 0.593. The molecular formula is C19H17F3N4S. The Bertz CT molecular complexity index is 1030. The van der Waals surface area contributed by atoms with Gasteiger partial charge in [0.1, 0.15) is 5.69 Å². The molecule has 3 heterocycles. The van der Waals surface area contributed by atoms with Crippen LogP contribution in [-0.4, -0.2) is 26.7 Å². The molecule has 0 amide bonds. The van der Waals surface area contributed by atoms with Gasteiger partial charge in [0.2, 0.25) is 0 Å². The van der Waals surface area contributed by atoms with Crippen LogP contribution in [-0.2, 0) is 6.18 Å². The van der Waals surface area contributed by atoms with Gasteiger partial charge in [-0.05, 0) is 47.9 Å². The van der Waals surface area contributed by atoms with Crippen molar-refractivity contribution in [1.29, 1.82) is 0 Å². The molecule has 4 nitrogen and oxygen atoms in total. The number of benzene rings is 1. The van der Waals surface area contributed by atoms with Crippen LogP contribution in [0.5, 0.6) is 0 Å². The van der Waals surface area contributed by atoms with Crippen LogP contribution in [0.3, 0.4) is 0 Å². The van der Waals surface area contributed by atoms with Crippen molar-refractivity contribution >= 4 is 32.8 Å². The summed E-state index contributed by atoms with van der Waals surface area (Å²) in [7, 11) is 1.55. The van der Waals surface area contributed by atoms with E-state index < -0.39 is 22.7 Å². The van der Waals surface area contributed by atoms with E-state index in [-0.39, 0.29) is 6.04 Å². The molecule has 2 aromatic heterocycles. The van der Waals surface area contributed by atoms with Crippen LogP contribution in [0.4, 0.5) is 18.9 Å². The highest BCUT2D eigenvalue weighted by Crippen LogP contribution is 2.46. The highest BCUT2D eigenvalue weighted by Gasteiger charge is 2.34. The molecule has 0 spiro atoms. The second-order valence-electron chi connectivity index (χ2n) is 6.18. The molecule has 0 bridgehead atoms. The molecule has 1 aromatic carbocycles. The second kappa shape index (κ2) is 6.61. The fraction of sp³-hybridized carbons (Fsp3) is 0.211. The van der Waals surface area contributed by atoms with Gasteiger partial charge in [-0.25, -0.2) is 4.31 Å². The fourth-order valence-corrected chi connectivity index (χ4v) is 4.81. The lowest BCUT2D eigenvalue weighted by molar-refractivity contribution is -0.141. The van der Waals surface area contributed by atoms with Crippen molar-refractivity contribution in [2.45, 2.75) is 19.1 Å². The summed E-state index contributed by atoms with van der Waals surface area (Å²) >= 11 is 0. The summed E-state index contributed by atoms with van der Waals surface area (Å²) < 4.78 is 44.2. The molecule has 8 heteroatoms. The largest absolute Gasteiger partial charge is 0.433 e. The minimum Gasteiger partial charge on any atom is -0.321 e. The van der Waals surface area contributed by atoms with Crippen LogP contribution in [0.15, 0.2) is 48.8 Å². The molecule has 2 unspecified atom stereocenters. The summed E-state index contributed by atoms with van der Waals surface area (Å²) in [4.78, 5) is 8.16. The SMILES string of the molecule is C/C=S1\Nc2c(ccc3cccnc23)C(c2ccc(C(F)(F)F)nc2)N1C. The second-order valence-corrected chi connectivity index (χ2v) is 8.06. The van der Waals surface area contributed by atoms with Crippen molar-refractivity contribution < 1.29 is 13.2 Å². The number of hydrogen-bond acceptors (Lipinski definition) is 4. The first-order chi connectivity index (χ1) is 12.9. The summed E-state index contributed by atoms with van der Waals surface area (Å²) in [5.74, 6) is 0. The molecule has 0 fully saturated rings. The highest BCUT2D eigenvalue weighted by atomic mass is 32.2. The van der Waals surface area contributed by atoms with Gasteiger partial charge in [-0.15, -0.1) is 0 Å². The van der Waals surface area contributed by atoms with Crippen LogP contribution >= 0.6 is 10.9 Å². The number of pyridine rings is 2. The number of aromatic nitrogens is 2. The topological polar surface area (TPSA) is 41.1 Å².